The van der Waals surface area contributed by atoms with Gasteiger partial charge < -0.3 is 10.2 Å². The molecule has 0 spiro atoms. The highest BCUT2D eigenvalue weighted by Crippen LogP contribution is 2.20. The van der Waals surface area contributed by atoms with Gasteiger partial charge in [-0.15, -0.1) is 0 Å². The van der Waals surface area contributed by atoms with Crippen molar-refractivity contribution in [1.29, 1.82) is 0 Å². The van der Waals surface area contributed by atoms with Crippen LogP contribution in [0.2, 0.25) is 0 Å². The lowest BCUT2D eigenvalue weighted by atomic mass is 10.1. The summed E-state index contributed by atoms with van der Waals surface area (Å²) in [7, 11) is 0. The molecule has 0 radical (unpaired) electrons. The van der Waals surface area contributed by atoms with E-state index in [0.717, 1.165) is 24.8 Å². The number of aromatic hydroxyl groups is 1. The van der Waals surface area contributed by atoms with E-state index >= 15 is 0 Å². The third kappa shape index (κ3) is 4.41. The van der Waals surface area contributed by atoms with Crippen LogP contribution in [0.5, 0.6) is 5.75 Å². The van der Waals surface area contributed by atoms with Gasteiger partial charge in [0.05, 0.1) is 11.7 Å². The standard InChI is InChI=1S/C14H18O3/c1-11(16)6-3-2-4-7-12-8-5-9-14(17)13(12)10-15/h4-5,7-11,16-17H,2-3,6H2,1H3. The molecule has 0 saturated heterocycles. The van der Waals surface area contributed by atoms with Gasteiger partial charge in [0, 0.05) is 0 Å². The summed E-state index contributed by atoms with van der Waals surface area (Å²) in [6.45, 7) is 1.77. The van der Waals surface area contributed by atoms with Crippen LogP contribution < -0.4 is 0 Å². The fraction of sp³-hybridized carbons (Fsp3) is 0.357. The summed E-state index contributed by atoms with van der Waals surface area (Å²) >= 11 is 0. The lowest BCUT2D eigenvalue weighted by molar-refractivity contribution is 0.112. The summed E-state index contributed by atoms with van der Waals surface area (Å²) < 4.78 is 0. The van der Waals surface area contributed by atoms with Crippen LogP contribution in [0.15, 0.2) is 24.3 Å². The molecule has 3 nitrogen and oxygen atoms in total. The van der Waals surface area contributed by atoms with Crippen molar-refractivity contribution in [3.05, 3.63) is 35.4 Å². The molecule has 0 saturated carbocycles. The van der Waals surface area contributed by atoms with E-state index in [4.69, 9.17) is 5.11 Å². The molecule has 1 aromatic rings. The molecule has 0 aliphatic rings. The molecule has 0 aromatic heterocycles. The second-order valence-electron chi connectivity index (χ2n) is 4.08. The first-order chi connectivity index (χ1) is 8.15. The number of hydrogen-bond donors (Lipinski definition) is 2. The van der Waals surface area contributed by atoms with E-state index in [1.807, 2.05) is 12.2 Å². The number of hydrogen-bond acceptors (Lipinski definition) is 3. The van der Waals surface area contributed by atoms with Gasteiger partial charge in [-0.05, 0) is 37.8 Å². The molecule has 0 bridgehead atoms. The summed E-state index contributed by atoms with van der Waals surface area (Å²) in [6, 6.07) is 4.99. The topological polar surface area (TPSA) is 57.5 Å². The second kappa shape index (κ2) is 6.86. The minimum absolute atomic E-state index is 0.00568. The molecule has 1 unspecified atom stereocenters. The highest BCUT2D eigenvalue weighted by atomic mass is 16.3. The maximum absolute atomic E-state index is 10.8. The lowest BCUT2D eigenvalue weighted by Gasteiger charge is -2.02. The number of carbonyl (C=O) groups excluding carboxylic acids is 1. The minimum atomic E-state index is -0.269. The number of phenols is 1. The first-order valence-electron chi connectivity index (χ1n) is 5.77. The van der Waals surface area contributed by atoms with Crippen LogP contribution in [-0.4, -0.2) is 22.6 Å². The van der Waals surface area contributed by atoms with Crippen molar-refractivity contribution in [3.8, 4) is 5.75 Å². The zero-order valence-corrected chi connectivity index (χ0v) is 9.97. The molecule has 0 aliphatic carbocycles. The third-order valence-corrected chi connectivity index (χ3v) is 2.52. The van der Waals surface area contributed by atoms with Gasteiger partial charge in [-0.1, -0.05) is 24.3 Å². The average Bonchev–Trinajstić information content (AvgIpc) is 2.28. The first-order valence-corrected chi connectivity index (χ1v) is 5.77. The Hall–Kier alpha value is -1.61. The summed E-state index contributed by atoms with van der Waals surface area (Å²) in [6.07, 6.45) is 6.68. The van der Waals surface area contributed by atoms with Gasteiger partial charge >= 0.3 is 0 Å². The number of aliphatic hydroxyl groups excluding tert-OH is 1. The van der Waals surface area contributed by atoms with Crippen molar-refractivity contribution < 1.29 is 15.0 Å². The number of rotatable bonds is 6. The Labute approximate surface area is 101 Å². The molecule has 0 fully saturated rings. The molecular formula is C14H18O3. The summed E-state index contributed by atoms with van der Waals surface area (Å²) in [5.41, 5.74) is 1.04. The molecule has 1 atom stereocenters. The molecular weight excluding hydrogens is 216 g/mol. The fourth-order valence-corrected chi connectivity index (χ4v) is 1.59. The number of unbranched alkanes of at least 4 members (excludes halogenated alkanes) is 1. The molecule has 0 heterocycles. The molecule has 1 aromatic carbocycles. The van der Waals surface area contributed by atoms with Crippen molar-refractivity contribution >= 4 is 12.4 Å². The highest BCUT2D eigenvalue weighted by molar-refractivity contribution is 5.85. The van der Waals surface area contributed by atoms with E-state index in [-0.39, 0.29) is 11.9 Å². The number of aliphatic hydroxyl groups is 1. The van der Waals surface area contributed by atoms with Crippen LogP contribution in [0.25, 0.3) is 6.08 Å². The minimum Gasteiger partial charge on any atom is -0.507 e. The van der Waals surface area contributed by atoms with Gasteiger partial charge in [0.25, 0.3) is 0 Å². The zero-order valence-electron chi connectivity index (χ0n) is 9.97. The number of allylic oxidation sites excluding steroid dienone is 1. The smallest absolute Gasteiger partial charge is 0.154 e. The highest BCUT2D eigenvalue weighted by Gasteiger charge is 2.03. The Kier molecular flexibility index (Phi) is 5.43. The van der Waals surface area contributed by atoms with Crippen LogP contribution in [0, 0.1) is 0 Å². The predicted molar refractivity (Wildman–Crippen MR) is 68.1 cm³/mol. The first kappa shape index (κ1) is 13.5. The normalized spacial score (nSPS) is 12.8. The van der Waals surface area contributed by atoms with E-state index in [9.17, 15) is 9.90 Å². The Morgan fingerprint density at radius 3 is 2.82 bits per heavy atom. The van der Waals surface area contributed by atoms with Gasteiger partial charge in [-0.2, -0.15) is 0 Å². The van der Waals surface area contributed by atoms with Gasteiger partial charge in [-0.25, -0.2) is 0 Å². The van der Waals surface area contributed by atoms with E-state index in [0.29, 0.717) is 11.8 Å². The van der Waals surface area contributed by atoms with Crippen molar-refractivity contribution in [1.82, 2.24) is 0 Å². The van der Waals surface area contributed by atoms with Gasteiger partial charge in [0.1, 0.15) is 5.75 Å². The summed E-state index contributed by atoms with van der Waals surface area (Å²) in [5.74, 6) is 0.00568. The molecule has 92 valence electrons. The summed E-state index contributed by atoms with van der Waals surface area (Å²) in [4.78, 5) is 10.8. The fourth-order valence-electron chi connectivity index (χ4n) is 1.59. The van der Waals surface area contributed by atoms with Crippen molar-refractivity contribution in [2.45, 2.75) is 32.3 Å². The second-order valence-corrected chi connectivity index (χ2v) is 4.08. The van der Waals surface area contributed by atoms with E-state index in [1.165, 1.54) is 6.07 Å². The molecule has 17 heavy (non-hydrogen) atoms. The number of carbonyl (C=O) groups is 1. The number of aldehydes is 1. The largest absolute Gasteiger partial charge is 0.507 e. The zero-order chi connectivity index (χ0) is 12.7. The lowest BCUT2D eigenvalue weighted by Crippen LogP contribution is -1.97. The average molecular weight is 234 g/mol. The Balaban J connectivity index is 2.59. The van der Waals surface area contributed by atoms with Crippen LogP contribution in [-0.2, 0) is 0 Å². The SMILES string of the molecule is CC(O)CCCC=Cc1cccc(O)c1C=O. The van der Waals surface area contributed by atoms with Crippen LogP contribution in [0.3, 0.4) is 0 Å². The molecule has 0 aliphatic heterocycles. The monoisotopic (exact) mass is 234 g/mol. The van der Waals surface area contributed by atoms with Crippen molar-refractivity contribution in [2.75, 3.05) is 0 Å². The van der Waals surface area contributed by atoms with Crippen molar-refractivity contribution in [3.63, 3.8) is 0 Å². The summed E-state index contributed by atoms with van der Waals surface area (Å²) in [5, 5.41) is 18.6. The Bertz CT molecular complexity index is 394. The molecule has 1 rings (SSSR count). The third-order valence-electron chi connectivity index (χ3n) is 2.52. The van der Waals surface area contributed by atoms with Gasteiger partial charge in [0.2, 0.25) is 0 Å². The molecule has 3 heteroatoms. The molecule has 2 N–H and O–H groups in total. The van der Waals surface area contributed by atoms with Crippen molar-refractivity contribution in [2.24, 2.45) is 0 Å². The van der Waals surface area contributed by atoms with E-state index in [1.54, 1.807) is 19.1 Å². The van der Waals surface area contributed by atoms with Crippen LogP contribution >= 0.6 is 0 Å². The predicted octanol–water partition coefficient (Wildman–Crippen LogP) is 2.77. The van der Waals surface area contributed by atoms with Crippen LogP contribution in [0.1, 0.15) is 42.1 Å². The Morgan fingerprint density at radius 1 is 1.41 bits per heavy atom. The van der Waals surface area contributed by atoms with Gasteiger partial charge in [0.15, 0.2) is 6.29 Å². The van der Waals surface area contributed by atoms with E-state index in [2.05, 4.69) is 0 Å². The maximum atomic E-state index is 10.8. The molecule has 0 amide bonds. The number of benzene rings is 1. The quantitative estimate of drug-likeness (QED) is 0.587. The van der Waals surface area contributed by atoms with E-state index < -0.39 is 0 Å². The van der Waals surface area contributed by atoms with Crippen LogP contribution in [0.4, 0.5) is 0 Å². The number of phenolic OH excluding ortho intramolecular Hbond substituents is 1. The Morgan fingerprint density at radius 2 is 2.18 bits per heavy atom. The van der Waals surface area contributed by atoms with Gasteiger partial charge in [-0.3, -0.25) is 4.79 Å². The maximum Gasteiger partial charge on any atom is 0.154 e.